The van der Waals surface area contributed by atoms with Crippen molar-refractivity contribution in [2.24, 2.45) is 0 Å². The molecule has 4 aromatic heterocycles. The molecule has 0 bridgehead atoms. The zero-order valence-corrected chi connectivity index (χ0v) is 57.1. The van der Waals surface area contributed by atoms with Gasteiger partial charge in [-0.1, -0.05) is 141 Å². The number of fused-ring (bicyclic) bond motifs is 2. The highest BCUT2D eigenvalue weighted by Crippen LogP contribution is 2.49. The molecule has 34 heteroatoms. The number of carbonyl (C=O) groups excluding carboxylic acids is 2. The van der Waals surface area contributed by atoms with E-state index in [1.165, 1.54) is 55.0 Å². The van der Waals surface area contributed by atoms with Gasteiger partial charge in [-0.15, -0.1) is 10.2 Å². The Labute approximate surface area is 595 Å². The average Bonchev–Trinajstić information content (AvgIpc) is 1.33. The van der Waals surface area contributed by atoms with Gasteiger partial charge in [0.05, 0.1) is 47.0 Å². The van der Waals surface area contributed by atoms with Gasteiger partial charge >= 0.3 is 12.2 Å². The van der Waals surface area contributed by atoms with Crippen molar-refractivity contribution in [2.45, 2.75) is 87.3 Å². The molecule has 518 valence electrons. The largest absolute Gasteiger partial charge is 0.440 e. The van der Waals surface area contributed by atoms with E-state index in [2.05, 4.69) is 30.8 Å². The molecule has 0 spiro atoms. The van der Waals surface area contributed by atoms with Gasteiger partial charge in [-0.25, -0.2) is 55.8 Å². The Morgan fingerprint density at radius 1 is 0.530 bits per heavy atom. The molecule has 14 rings (SSSR count). The molecule has 100 heavy (non-hydrogen) atoms. The number of likely N-dealkylation sites (N-methyl/N-ethyl adjacent to an activating group) is 2. The predicted molar refractivity (Wildman–Crippen MR) is 352 cm³/mol. The minimum atomic E-state index is -1.51. The second-order valence-electron chi connectivity index (χ2n) is 23.8. The van der Waals surface area contributed by atoms with Crippen LogP contribution in [0.25, 0.3) is 33.9 Å². The summed E-state index contributed by atoms with van der Waals surface area (Å²) < 4.78 is 119. The quantitative estimate of drug-likeness (QED) is 0.0685. The molecule has 4 aliphatic rings. The summed E-state index contributed by atoms with van der Waals surface area (Å²) in [4.78, 5) is 42.4. The van der Waals surface area contributed by atoms with Gasteiger partial charge in [-0.2, -0.15) is 10.2 Å². The SMILES string of the molecule is Cc1nc(C2OC3COC(c4ccccc4)OC3C(n3cc(-c4cc(F)c(Cl)c(F)c4)nn3)C2OC(=O)N(C)CCN(C)C(=O)OC2C(c3nc(C)nn3-c3cc(Cl)ccc3Cl)OC3COC(c4ccccc4)OC3C2n2cc(-c3cc(F)c(Cl)c(F)c3)nn2)n(-c2cc(Cl)ccc2Cl)n1. The van der Waals surface area contributed by atoms with Crippen molar-refractivity contribution >= 4 is 81.8 Å². The molecule has 4 saturated heterocycles. The summed E-state index contributed by atoms with van der Waals surface area (Å²) in [6, 6.07) is 29.1. The van der Waals surface area contributed by atoms with Crippen molar-refractivity contribution < 1.29 is 65.0 Å². The zero-order valence-electron chi connectivity index (χ0n) is 52.6. The van der Waals surface area contributed by atoms with E-state index in [1.54, 1.807) is 98.8 Å². The first-order valence-electron chi connectivity index (χ1n) is 30.8. The molecule has 0 N–H and O–H groups in total. The third-order valence-electron chi connectivity index (χ3n) is 17.2. The summed E-state index contributed by atoms with van der Waals surface area (Å²) in [5, 5.41) is 26.6. The van der Waals surface area contributed by atoms with Gasteiger partial charge in [0.1, 0.15) is 92.9 Å². The molecule has 0 saturated carbocycles. The Morgan fingerprint density at radius 2 is 0.910 bits per heavy atom. The summed E-state index contributed by atoms with van der Waals surface area (Å²) in [5.41, 5.74) is 1.77. The lowest BCUT2D eigenvalue weighted by Gasteiger charge is -2.48. The van der Waals surface area contributed by atoms with Crippen molar-refractivity contribution in [1.29, 1.82) is 0 Å². The molecular weight excluding hydrogens is 1440 g/mol. The minimum absolute atomic E-state index is 0.00340. The summed E-state index contributed by atoms with van der Waals surface area (Å²) in [6.45, 7) is 2.60. The molecule has 0 radical (unpaired) electrons. The van der Waals surface area contributed by atoms with Gasteiger partial charge in [0.15, 0.2) is 48.6 Å². The fourth-order valence-electron chi connectivity index (χ4n) is 12.3. The monoisotopic (exact) mass is 1490 g/mol. The number of carbonyl (C=O) groups is 2. The predicted octanol–water partition coefficient (Wildman–Crippen LogP) is 13.6. The molecule has 0 aliphatic carbocycles. The number of amides is 2. The molecule has 24 nitrogen and oxygen atoms in total. The highest BCUT2D eigenvalue weighted by molar-refractivity contribution is 6.35. The molecule has 12 atom stereocenters. The molecule has 12 unspecified atom stereocenters. The molecular formula is C66H54Cl6F4N14O10. The summed E-state index contributed by atoms with van der Waals surface area (Å²) in [5.74, 6) is -3.57. The van der Waals surface area contributed by atoms with Gasteiger partial charge in [0.2, 0.25) is 0 Å². The minimum Gasteiger partial charge on any atom is -0.440 e. The maximum absolute atomic E-state index is 15.2. The van der Waals surface area contributed by atoms with Gasteiger partial charge in [-0.05, 0) is 74.5 Å². The summed E-state index contributed by atoms with van der Waals surface area (Å²) in [6.07, 6.45) is -11.0. The van der Waals surface area contributed by atoms with Crippen LogP contribution in [0.4, 0.5) is 27.2 Å². The van der Waals surface area contributed by atoms with Gasteiger partial charge < -0.3 is 47.7 Å². The van der Waals surface area contributed by atoms with Crippen LogP contribution in [0.3, 0.4) is 0 Å². The lowest BCUT2D eigenvalue weighted by molar-refractivity contribution is -0.319. The number of rotatable bonds is 15. The first-order valence-corrected chi connectivity index (χ1v) is 33.1. The highest BCUT2D eigenvalue weighted by Gasteiger charge is 2.57. The summed E-state index contributed by atoms with van der Waals surface area (Å²) >= 11 is 38.6. The van der Waals surface area contributed by atoms with Gasteiger partial charge in [-0.3, -0.25) is 0 Å². The number of nitrogens with zero attached hydrogens (tertiary/aromatic N) is 14. The van der Waals surface area contributed by atoms with Crippen LogP contribution in [0.15, 0.2) is 134 Å². The van der Waals surface area contributed by atoms with E-state index >= 15 is 27.2 Å². The van der Waals surface area contributed by atoms with Crippen LogP contribution in [-0.4, -0.2) is 159 Å². The molecule has 6 aromatic carbocycles. The van der Waals surface area contributed by atoms with E-state index in [0.29, 0.717) is 21.2 Å². The first-order chi connectivity index (χ1) is 48.1. The van der Waals surface area contributed by atoms with Crippen molar-refractivity contribution in [1.82, 2.24) is 69.3 Å². The van der Waals surface area contributed by atoms with E-state index < -0.39 is 119 Å². The maximum Gasteiger partial charge on any atom is 0.410 e. The number of benzene rings is 6. The topological polar surface area (TPSA) is 237 Å². The Balaban J connectivity index is 0.806. The fourth-order valence-corrected chi connectivity index (χ4v) is 13.3. The molecule has 2 amide bonds. The lowest BCUT2D eigenvalue weighted by Crippen LogP contribution is -2.58. The summed E-state index contributed by atoms with van der Waals surface area (Å²) in [7, 11) is 2.85. The number of aromatic nitrogens is 12. The second kappa shape index (κ2) is 28.6. The third-order valence-corrected chi connectivity index (χ3v) is 19.0. The van der Waals surface area contributed by atoms with Crippen molar-refractivity contribution in [3.05, 3.63) is 222 Å². The fraction of sp³-hybridized carbons (Fsp3) is 0.303. The molecule has 4 aliphatic heterocycles. The van der Waals surface area contributed by atoms with Crippen LogP contribution >= 0.6 is 69.6 Å². The Bertz CT molecular complexity index is 4380. The Morgan fingerprint density at radius 3 is 1.29 bits per heavy atom. The average molecular weight is 1490 g/mol. The maximum atomic E-state index is 15.2. The van der Waals surface area contributed by atoms with Gasteiger partial charge in [0, 0.05) is 59.5 Å². The van der Waals surface area contributed by atoms with Crippen LogP contribution < -0.4 is 0 Å². The van der Waals surface area contributed by atoms with Crippen molar-refractivity contribution in [3.8, 4) is 33.9 Å². The highest BCUT2D eigenvalue weighted by atomic mass is 35.5. The van der Waals surface area contributed by atoms with E-state index in [4.69, 9.17) is 117 Å². The smallest absolute Gasteiger partial charge is 0.410 e. The second-order valence-corrected chi connectivity index (χ2v) is 26.2. The van der Waals surface area contributed by atoms with Crippen LogP contribution in [0.1, 0.15) is 71.3 Å². The zero-order chi connectivity index (χ0) is 69.9. The molecule has 10 aromatic rings. The van der Waals surface area contributed by atoms with Crippen LogP contribution in [-0.2, 0) is 37.9 Å². The van der Waals surface area contributed by atoms with Crippen molar-refractivity contribution in [2.75, 3.05) is 40.4 Å². The van der Waals surface area contributed by atoms with Crippen molar-refractivity contribution in [3.63, 3.8) is 0 Å². The molecule has 4 fully saturated rings. The number of ether oxygens (including phenoxy) is 8. The standard InChI is InChI=1S/C66H54Cl6F4N14O10/c1-31-77-61(89(81-31)47-25-37(67)15-17-39(47)69)59-57(53(55-49(95-59)29-93-63(97-55)33-11-7-5-8-12-33)87-27-45(79-83-87)35-21-41(73)51(71)42(74)22-35)99-65(91)85(3)19-20-86(4)66(92)100-58-54(88-28-46(80-84-88)36-23-43(75)52(72)44(76)24-36)56-50(30-94-64(98-56)34-13-9-6-10-14-34)96-60(58)62-78-32(2)82-90(62)48-26-38(68)16-18-40(48)70/h5-18,21-28,49-50,53-60,63-64H,19-20,29-30H2,1-4H3. The normalized spacial score (nSPS) is 23.5. The first kappa shape index (κ1) is 68.8. The Hall–Kier alpha value is -8.36. The lowest BCUT2D eigenvalue weighted by atomic mass is 9.90. The Kier molecular flexibility index (Phi) is 19.7. The van der Waals surface area contributed by atoms with E-state index in [1.807, 2.05) is 12.1 Å². The number of hydrogen-bond acceptors (Lipinski definition) is 18. The van der Waals surface area contributed by atoms with Gasteiger partial charge in [0.25, 0.3) is 0 Å². The van der Waals surface area contributed by atoms with Crippen LogP contribution in [0, 0.1) is 37.1 Å². The number of hydrogen-bond donors (Lipinski definition) is 0. The van der Waals surface area contributed by atoms with E-state index in [0.717, 1.165) is 24.3 Å². The van der Waals surface area contributed by atoms with E-state index in [-0.39, 0.29) is 93.5 Å². The van der Waals surface area contributed by atoms with E-state index in [9.17, 15) is 0 Å². The molecule has 8 heterocycles. The van der Waals surface area contributed by atoms with Crippen LogP contribution in [0.5, 0.6) is 0 Å². The number of aryl methyl sites for hydroxylation is 2. The van der Waals surface area contributed by atoms with Crippen LogP contribution in [0.2, 0.25) is 30.1 Å². The number of halogens is 10. The third kappa shape index (κ3) is 13.7.